The quantitative estimate of drug-likeness (QED) is 0.935. The maximum atomic E-state index is 5.96. The van der Waals surface area contributed by atoms with Gasteiger partial charge < -0.3 is 14.8 Å². The minimum Gasteiger partial charge on any atom is -0.376 e. The van der Waals surface area contributed by atoms with Crippen molar-refractivity contribution >= 4 is 10.8 Å². The summed E-state index contributed by atoms with van der Waals surface area (Å²) in [5, 5.41) is 6.18. The Hall–Kier alpha value is -1.42. The van der Waals surface area contributed by atoms with Crippen LogP contribution in [0.15, 0.2) is 36.4 Å². The highest BCUT2D eigenvalue weighted by molar-refractivity contribution is 5.87. The third-order valence-corrected chi connectivity index (χ3v) is 4.14. The van der Waals surface area contributed by atoms with Crippen LogP contribution in [0.5, 0.6) is 0 Å². The van der Waals surface area contributed by atoms with Crippen LogP contribution in [0.3, 0.4) is 0 Å². The van der Waals surface area contributed by atoms with Crippen LogP contribution in [0.2, 0.25) is 0 Å². The first-order valence-electron chi connectivity index (χ1n) is 7.72. The van der Waals surface area contributed by atoms with E-state index in [1.807, 2.05) is 0 Å². The van der Waals surface area contributed by atoms with E-state index in [0.717, 1.165) is 6.54 Å². The van der Waals surface area contributed by atoms with Crippen molar-refractivity contribution in [2.24, 2.45) is 0 Å². The fourth-order valence-electron chi connectivity index (χ4n) is 3.16. The van der Waals surface area contributed by atoms with Gasteiger partial charge in [0.25, 0.3) is 0 Å². The average Bonchev–Trinajstić information content (AvgIpc) is 2.54. The molecule has 21 heavy (non-hydrogen) atoms. The normalized spacial score (nSPS) is 20.6. The van der Waals surface area contributed by atoms with Crippen molar-refractivity contribution in [3.05, 3.63) is 47.5 Å². The van der Waals surface area contributed by atoms with Gasteiger partial charge in [0.15, 0.2) is 0 Å². The van der Waals surface area contributed by atoms with Crippen molar-refractivity contribution in [1.82, 2.24) is 5.32 Å². The van der Waals surface area contributed by atoms with E-state index in [0.29, 0.717) is 19.8 Å². The summed E-state index contributed by atoms with van der Waals surface area (Å²) in [6.45, 7) is 7.25. The van der Waals surface area contributed by atoms with Crippen LogP contribution in [0, 0.1) is 6.92 Å². The number of rotatable bonds is 4. The lowest BCUT2D eigenvalue weighted by Gasteiger charge is -2.32. The monoisotopic (exact) mass is 285 g/mol. The molecule has 1 aliphatic heterocycles. The lowest BCUT2D eigenvalue weighted by Crippen LogP contribution is -2.41. The van der Waals surface area contributed by atoms with Crippen LogP contribution in [0.25, 0.3) is 10.8 Å². The number of likely N-dealkylation sites (N-methyl/N-ethyl adjacent to an activating group) is 1. The van der Waals surface area contributed by atoms with Crippen molar-refractivity contribution in [3.8, 4) is 0 Å². The Morgan fingerprint density at radius 1 is 1.19 bits per heavy atom. The largest absolute Gasteiger partial charge is 0.376 e. The van der Waals surface area contributed by atoms with Crippen LogP contribution in [-0.2, 0) is 9.47 Å². The summed E-state index contributed by atoms with van der Waals surface area (Å²) >= 11 is 0. The number of hydrogen-bond acceptors (Lipinski definition) is 3. The van der Waals surface area contributed by atoms with Crippen molar-refractivity contribution in [2.75, 3.05) is 26.4 Å². The highest BCUT2D eigenvalue weighted by Crippen LogP contribution is 2.31. The molecule has 1 N–H and O–H groups in total. The van der Waals surface area contributed by atoms with Gasteiger partial charge in [-0.3, -0.25) is 0 Å². The molecule has 2 unspecified atom stereocenters. The van der Waals surface area contributed by atoms with E-state index in [4.69, 9.17) is 9.47 Å². The SMILES string of the molecule is CCNC(c1c(C)ccc2ccccc12)C1COCCO1. The highest BCUT2D eigenvalue weighted by Gasteiger charge is 2.28. The summed E-state index contributed by atoms with van der Waals surface area (Å²) in [6.07, 6.45) is 0.0724. The van der Waals surface area contributed by atoms with Gasteiger partial charge in [0.2, 0.25) is 0 Å². The number of ether oxygens (including phenoxy) is 2. The summed E-state index contributed by atoms with van der Waals surface area (Å²) in [7, 11) is 0. The molecule has 2 aromatic carbocycles. The first kappa shape index (κ1) is 14.5. The Bertz CT molecular complexity index is 605. The molecular weight excluding hydrogens is 262 g/mol. The van der Waals surface area contributed by atoms with E-state index in [9.17, 15) is 0 Å². The molecular formula is C18H23NO2. The summed E-state index contributed by atoms with van der Waals surface area (Å²) < 4.78 is 11.6. The maximum Gasteiger partial charge on any atom is 0.100 e. The second-order valence-electron chi connectivity index (χ2n) is 5.54. The molecule has 0 radical (unpaired) electrons. The molecule has 0 spiro atoms. The molecule has 0 saturated carbocycles. The van der Waals surface area contributed by atoms with E-state index in [-0.39, 0.29) is 12.1 Å². The van der Waals surface area contributed by atoms with Crippen molar-refractivity contribution in [1.29, 1.82) is 0 Å². The molecule has 0 aliphatic carbocycles. The molecule has 3 rings (SSSR count). The molecule has 112 valence electrons. The predicted molar refractivity (Wildman–Crippen MR) is 85.7 cm³/mol. The maximum absolute atomic E-state index is 5.96. The van der Waals surface area contributed by atoms with E-state index in [2.05, 4.69) is 55.6 Å². The lowest BCUT2D eigenvalue weighted by atomic mass is 9.91. The molecule has 1 heterocycles. The Labute approximate surface area is 126 Å². The molecule has 3 nitrogen and oxygen atoms in total. The van der Waals surface area contributed by atoms with Crippen LogP contribution in [-0.4, -0.2) is 32.5 Å². The molecule has 2 atom stereocenters. The van der Waals surface area contributed by atoms with Gasteiger partial charge in [0.05, 0.1) is 25.9 Å². The average molecular weight is 285 g/mol. The number of hydrogen-bond donors (Lipinski definition) is 1. The molecule has 0 aromatic heterocycles. The third kappa shape index (κ3) is 2.95. The molecule has 1 saturated heterocycles. The first-order chi connectivity index (χ1) is 10.3. The Morgan fingerprint density at radius 2 is 2.05 bits per heavy atom. The van der Waals surface area contributed by atoms with E-state index >= 15 is 0 Å². The minimum absolute atomic E-state index is 0.0724. The zero-order valence-electron chi connectivity index (χ0n) is 12.8. The summed E-state index contributed by atoms with van der Waals surface area (Å²) in [6, 6.07) is 13.1. The molecule has 1 aliphatic rings. The number of nitrogens with one attached hydrogen (secondary N) is 1. The van der Waals surface area contributed by atoms with E-state index in [1.54, 1.807) is 0 Å². The van der Waals surface area contributed by atoms with E-state index < -0.39 is 0 Å². The van der Waals surface area contributed by atoms with Crippen molar-refractivity contribution in [2.45, 2.75) is 26.0 Å². The fraction of sp³-hybridized carbons (Fsp3) is 0.444. The fourth-order valence-corrected chi connectivity index (χ4v) is 3.16. The topological polar surface area (TPSA) is 30.5 Å². The van der Waals surface area contributed by atoms with Crippen molar-refractivity contribution < 1.29 is 9.47 Å². The third-order valence-electron chi connectivity index (χ3n) is 4.14. The van der Waals surface area contributed by atoms with Gasteiger partial charge in [-0.15, -0.1) is 0 Å². The second kappa shape index (κ2) is 6.56. The van der Waals surface area contributed by atoms with Gasteiger partial charge in [-0.2, -0.15) is 0 Å². The number of benzene rings is 2. The Balaban J connectivity index is 2.07. The smallest absolute Gasteiger partial charge is 0.100 e. The highest BCUT2D eigenvalue weighted by atomic mass is 16.6. The second-order valence-corrected chi connectivity index (χ2v) is 5.54. The molecule has 1 fully saturated rings. The van der Waals surface area contributed by atoms with Crippen LogP contribution < -0.4 is 5.32 Å². The first-order valence-corrected chi connectivity index (χ1v) is 7.72. The zero-order chi connectivity index (χ0) is 14.7. The van der Waals surface area contributed by atoms with Crippen LogP contribution >= 0.6 is 0 Å². The van der Waals surface area contributed by atoms with Crippen LogP contribution in [0.4, 0.5) is 0 Å². The predicted octanol–water partition coefficient (Wildman–Crippen LogP) is 3.21. The molecule has 0 amide bonds. The number of aryl methyl sites for hydroxylation is 1. The Morgan fingerprint density at radius 3 is 2.81 bits per heavy atom. The Kier molecular flexibility index (Phi) is 4.54. The molecule has 0 bridgehead atoms. The van der Waals surface area contributed by atoms with E-state index in [1.165, 1.54) is 21.9 Å². The number of fused-ring (bicyclic) bond motifs is 1. The van der Waals surface area contributed by atoms with Gasteiger partial charge in [0, 0.05) is 0 Å². The standard InChI is InChI=1S/C18H23NO2/c1-3-19-18(16-12-20-10-11-21-16)17-13(2)8-9-14-6-4-5-7-15(14)17/h4-9,16,18-19H,3,10-12H2,1-2H3. The van der Waals surface area contributed by atoms with Crippen molar-refractivity contribution in [3.63, 3.8) is 0 Å². The lowest BCUT2D eigenvalue weighted by molar-refractivity contribution is -0.102. The summed E-state index contributed by atoms with van der Waals surface area (Å²) in [5.41, 5.74) is 2.64. The minimum atomic E-state index is 0.0724. The van der Waals surface area contributed by atoms with Gasteiger partial charge in [-0.1, -0.05) is 43.3 Å². The van der Waals surface area contributed by atoms with Crippen LogP contribution in [0.1, 0.15) is 24.1 Å². The molecule has 2 aromatic rings. The summed E-state index contributed by atoms with van der Waals surface area (Å²) in [5.74, 6) is 0. The zero-order valence-corrected chi connectivity index (χ0v) is 12.8. The van der Waals surface area contributed by atoms with Gasteiger partial charge in [0.1, 0.15) is 6.10 Å². The van der Waals surface area contributed by atoms with Gasteiger partial charge in [-0.05, 0) is 35.4 Å². The van der Waals surface area contributed by atoms with Gasteiger partial charge in [-0.25, -0.2) is 0 Å². The van der Waals surface area contributed by atoms with Gasteiger partial charge >= 0.3 is 0 Å². The molecule has 3 heteroatoms. The summed E-state index contributed by atoms with van der Waals surface area (Å²) in [4.78, 5) is 0.